The van der Waals surface area contributed by atoms with Crippen molar-refractivity contribution >= 4 is 10.1 Å². The lowest BCUT2D eigenvalue weighted by molar-refractivity contribution is 0.293. The average Bonchev–Trinajstić information content (AvgIpc) is 2.58. The molecule has 3 rings (SSSR count). The number of aryl methyl sites for hydroxylation is 1. The quantitative estimate of drug-likeness (QED) is 0.706. The Kier molecular flexibility index (Phi) is 5.01. The fourth-order valence-corrected chi connectivity index (χ4v) is 3.99. The molecule has 0 amide bonds. The van der Waals surface area contributed by atoms with Crippen LogP contribution in [-0.4, -0.2) is 29.2 Å². The van der Waals surface area contributed by atoms with Crippen molar-refractivity contribution < 1.29 is 22.1 Å². The summed E-state index contributed by atoms with van der Waals surface area (Å²) in [6, 6.07) is 10.6. The van der Waals surface area contributed by atoms with Crippen LogP contribution in [0.5, 0.6) is 11.5 Å². The average molecular weight is 362 g/mol. The standard InChI is InChI=1S/C19H22O5S/c1-13-4-6-16(7-5-13)25(20,21)24-9-8-14-10-15-11-18(22-2)19(23-3)12-17(14)15/h4-7,11-12,14H,8-10H2,1-3H3. The molecule has 0 N–H and O–H groups in total. The summed E-state index contributed by atoms with van der Waals surface area (Å²) in [7, 11) is -0.481. The van der Waals surface area contributed by atoms with E-state index in [9.17, 15) is 8.42 Å². The molecule has 1 unspecified atom stereocenters. The third kappa shape index (κ3) is 3.65. The van der Waals surface area contributed by atoms with Crippen molar-refractivity contribution in [1.29, 1.82) is 0 Å². The van der Waals surface area contributed by atoms with Gasteiger partial charge in [0.2, 0.25) is 0 Å². The number of benzene rings is 2. The SMILES string of the molecule is COc1cc2c(cc1OC)C(CCOS(=O)(=O)c1ccc(C)cc1)C2. The van der Waals surface area contributed by atoms with E-state index in [1.54, 1.807) is 38.5 Å². The fraction of sp³-hybridized carbons (Fsp3) is 0.368. The molecule has 5 nitrogen and oxygen atoms in total. The molecule has 25 heavy (non-hydrogen) atoms. The van der Waals surface area contributed by atoms with Crippen molar-refractivity contribution in [3.8, 4) is 11.5 Å². The van der Waals surface area contributed by atoms with Crippen LogP contribution in [0.25, 0.3) is 0 Å². The molecule has 2 aromatic carbocycles. The van der Waals surface area contributed by atoms with Gasteiger partial charge >= 0.3 is 0 Å². The molecule has 0 fully saturated rings. The molecular formula is C19H22O5S. The van der Waals surface area contributed by atoms with Crippen molar-refractivity contribution in [3.05, 3.63) is 53.1 Å². The smallest absolute Gasteiger partial charge is 0.296 e. The Hall–Kier alpha value is -2.05. The van der Waals surface area contributed by atoms with Crippen LogP contribution in [0.3, 0.4) is 0 Å². The highest BCUT2D eigenvalue weighted by Crippen LogP contribution is 2.43. The van der Waals surface area contributed by atoms with Crippen LogP contribution in [-0.2, 0) is 20.7 Å². The molecule has 0 aromatic heterocycles. The lowest BCUT2D eigenvalue weighted by Gasteiger charge is -2.31. The second kappa shape index (κ2) is 7.06. The summed E-state index contributed by atoms with van der Waals surface area (Å²) in [6.45, 7) is 2.07. The molecule has 0 heterocycles. The Morgan fingerprint density at radius 2 is 1.68 bits per heavy atom. The van der Waals surface area contributed by atoms with Gasteiger partial charge in [-0.1, -0.05) is 17.7 Å². The van der Waals surface area contributed by atoms with Crippen LogP contribution in [0.1, 0.15) is 29.0 Å². The normalized spacial score (nSPS) is 16.0. The van der Waals surface area contributed by atoms with E-state index >= 15 is 0 Å². The van der Waals surface area contributed by atoms with E-state index in [0.717, 1.165) is 17.7 Å². The van der Waals surface area contributed by atoms with Gasteiger partial charge in [0.1, 0.15) is 0 Å². The molecule has 0 radical (unpaired) electrons. The predicted molar refractivity (Wildman–Crippen MR) is 94.9 cm³/mol. The molecule has 0 saturated heterocycles. The number of hydrogen-bond acceptors (Lipinski definition) is 5. The molecule has 2 aromatic rings. The highest BCUT2D eigenvalue weighted by molar-refractivity contribution is 7.86. The first kappa shape index (κ1) is 17.8. The van der Waals surface area contributed by atoms with Gasteiger partial charge < -0.3 is 9.47 Å². The van der Waals surface area contributed by atoms with Crippen LogP contribution in [0.4, 0.5) is 0 Å². The topological polar surface area (TPSA) is 61.8 Å². The molecule has 0 aliphatic heterocycles. The van der Waals surface area contributed by atoms with Gasteiger partial charge in [0.15, 0.2) is 11.5 Å². The van der Waals surface area contributed by atoms with Gasteiger partial charge in [-0.15, -0.1) is 0 Å². The van der Waals surface area contributed by atoms with Gasteiger partial charge in [-0.25, -0.2) is 0 Å². The van der Waals surface area contributed by atoms with Gasteiger partial charge in [0.25, 0.3) is 10.1 Å². The van der Waals surface area contributed by atoms with E-state index in [1.165, 1.54) is 11.1 Å². The molecular weight excluding hydrogens is 340 g/mol. The number of methoxy groups -OCH3 is 2. The molecule has 0 bridgehead atoms. The first-order valence-electron chi connectivity index (χ1n) is 8.15. The summed E-state index contributed by atoms with van der Waals surface area (Å²) in [5.74, 6) is 1.69. The zero-order valence-corrected chi connectivity index (χ0v) is 15.4. The summed E-state index contributed by atoms with van der Waals surface area (Å²) < 4.78 is 40.2. The van der Waals surface area contributed by atoms with E-state index in [0.29, 0.717) is 12.2 Å². The fourth-order valence-electron chi connectivity index (χ4n) is 3.07. The maximum atomic E-state index is 12.2. The van der Waals surface area contributed by atoms with E-state index in [4.69, 9.17) is 13.7 Å². The second-order valence-electron chi connectivity index (χ2n) is 6.18. The van der Waals surface area contributed by atoms with Gasteiger partial charge in [-0.05, 0) is 61.1 Å². The summed E-state index contributed by atoms with van der Waals surface area (Å²) in [6.07, 6.45) is 1.54. The van der Waals surface area contributed by atoms with Gasteiger partial charge in [0.05, 0.1) is 25.7 Å². The lowest BCUT2D eigenvalue weighted by Crippen LogP contribution is -2.20. The monoisotopic (exact) mass is 362 g/mol. The Balaban J connectivity index is 1.61. The molecule has 6 heteroatoms. The van der Waals surface area contributed by atoms with Crippen molar-refractivity contribution in [1.82, 2.24) is 0 Å². The summed E-state index contributed by atoms with van der Waals surface area (Å²) in [4.78, 5) is 0.193. The van der Waals surface area contributed by atoms with Crippen LogP contribution in [0.2, 0.25) is 0 Å². The minimum absolute atomic E-state index is 0.161. The van der Waals surface area contributed by atoms with E-state index < -0.39 is 10.1 Å². The maximum absolute atomic E-state index is 12.2. The maximum Gasteiger partial charge on any atom is 0.296 e. The van der Waals surface area contributed by atoms with Crippen molar-refractivity contribution in [2.75, 3.05) is 20.8 Å². The molecule has 0 spiro atoms. The van der Waals surface area contributed by atoms with Crippen molar-refractivity contribution in [3.63, 3.8) is 0 Å². The number of ether oxygens (including phenoxy) is 2. The summed E-state index contributed by atoms with van der Waals surface area (Å²) >= 11 is 0. The highest BCUT2D eigenvalue weighted by atomic mass is 32.2. The third-order valence-corrected chi connectivity index (χ3v) is 5.89. The largest absolute Gasteiger partial charge is 0.493 e. The molecule has 134 valence electrons. The van der Waals surface area contributed by atoms with Crippen LogP contribution in [0, 0.1) is 6.92 Å². The summed E-state index contributed by atoms with van der Waals surface area (Å²) in [5, 5.41) is 0. The molecule has 1 atom stereocenters. The first-order chi connectivity index (χ1) is 11.9. The number of fused-ring (bicyclic) bond motifs is 1. The first-order valence-corrected chi connectivity index (χ1v) is 9.56. The minimum Gasteiger partial charge on any atom is -0.493 e. The zero-order chi connectivity index (χ0) is 18.0. The van der Waals surface area contributed by atoms with Crippen LogP contribution < -0.4 is 9.47 Å². The predicted octanol–water partition coefficient (Wildman–Crippen LogP) is 3.45. The Morgan fingerprint density at radius 1 is 1.04 bits per heavy atom. The lowest BCUT2D eigenvalue weighted by atomic mass is 9.75. The Morgan fingerprint density at radius 3 is 2.32 bits per heavy atom. The number of rotatable bonds is 7. The molecule has 0 saturated carbocycles. The van der Waals surface area contributed by atoms with Crippen LogP contribution >= 0.6 is 0 Å². The third-order valence-electron chi connectivity index (χ3n) is 4.57. The zero-order valence-electron chi connectivity index (χ0n) is 14.6. The molecule has 1 aliphatic rings. The molecule has 1 aliphatic carbocycles. The van der Waals surface area contributed by atoms with Gasteiger partial charge in [-0.2, -0.15) is 8.42 Å². The summed E-state index contributed by atoms with van der Waals surface area (Å²) in [5.41, 5.74) is 3.40. The van der Waals surface area contributed by atoms with Crippen molar-refractivity contribution in [2.24, 2.45) is 0 Å². The van der Waals surface area contributed by atoms with Gasteiger partial charge in [0, 0.05) is 0 Å². The second-order valence-corrected chi connectivity index (χ2v) is 7.80. The highest BCUT2D eigenvalue weighted by Gasteiger charge is 2.29. The van der Waals surface area contributed by atoms with E-state index in [2.05, 4.69) is 0 Å². The van der Waals surface area contributed by atoms with E-state index in [-0.39, 0.29) is 17.4 Å². The Bertz CT molecular complexity index is 856. The minimum atomic E-state index is -3.70. The van der Waals surface area contributed by atoms with Crippen molar-refractivity contribution in [2.45, 2.75) is 30.6 Å². The van der Waals surface area contributed by atoms with Crippen LogP contribution in [0.15, 0.2) is 41.3 Å². The number of hydrogen-bond donors (Lipinski definition) is 0. The van der Waals surface area contributed by atoms with Gasteiger partial charge in [-0.3, -0.25) is 4.18 Å². The van der Waals surface area contributed by atoms with E-state index in [1.807, 2.05) is 19.1 Å². The Labute approximate surface area is 148 Å².